The third-order valence-electron chi connectivity index (χ3n) is 5.13. The van der Waals surface area contributed by atoms with Gasteiger partial charge < -0.3 is 15.1 Å². The summed E-state index contributed by atoms with van der Waals surface area (Å²) in [7, 11) is 0. The number of rotatable bonds is 4. The lowest BCUT2D eigenvalue weighted by molar-refractivity contribution is -0.141. The van der Waals surface area contributed by atoms with Gasteiger partial charge in [-0.1, -0.05) is 6.07 Å². The van der Waals surface area contributed by atoms with Gasteiger partial charge in [0, 0.05) is 32.2 Å². The molecule has 0 amide bonds. The smallest absolute Gasteiger partial charge is 0.395 e. The van der Waals surface area contributed by atoms with Gasteiger partial charge in [0.2, 0.25) is 0 Å². The minimum absolute atomic E-state index is 0.0594. The molecule has 0 aromatic carbocycles. The number of halogens is 3. The van der Waals surface area contributed by atoms with Crippen molar-refractivity contribution in [2.24, 2.45) is 5.92 Å². The van der Waals surface area contributed by atoms with Gasteiger partial charge in [-0.3, -0.25) is 4.90 Å². The molecule has 3 heterocycles. The van der Waals surface area contributed by atoms with Crippen LogP contribution in [0.15, 0.2) is 18.2 Å². The first-order valence-electron chi connectivity index (χ1n) is 8.69. The Hall–Kier alpha value is -1.38. The molecule has 140 valence electrons. The van der Waals surface area contributed by atoms with Crippen LogP contribution in [0.3, 0.4) is 0 Å². The summed E-state index contributed by atoms with van der Waals surface area (Å²) in [6, 6.07) is 4.04. The third kappa shape index (κ3) is 4.43. The first-order chi connectivity index (χ1) is 11.9. The summed E-state index contributed by atoms with van der Waals surface area (Å²) in [5, 5.41) is 19.4. The maximum absolute atomic E-state index is 12.8. The van der Waals surface area contributed by atoms with Crippen LogP contribution >= 0.6 is 0 Å². The van der Waals surface area contributed by atoms with E-state index in [1.807, 2.05) is 4.90 Å². The number of anilines is 1. The Morgan fingerprint density at radius 2 is 1.96 bits per heavy atom. The Morgan fingerprint density at radius 1 is 1.16 bits per heavy atom. The van der Waals surface area contributed by atoms with E-state index >= 15 is 0 Å². The molecule has 25 heavy (non-hydrogen) atoms. The quantitative estimate of drug-likeness (QED) is 0.858. The van der Waals surface area contributed by atoms with Gasteiger partial charge in [-0.15, -0.1) is 0 Å². The van der Waals surface area contributed by atoms with Crippen molar-refractivity contribution in [3.8, 4) is 0 Å². The Morgan fingerprint density at radius 3 is 2.68 bits per heavy atom. The van der Waals surface area contributed by atoms with Crippen LogP contribution in [0.2, 0.25) is 0 Å². The van der Waals surface area contributed by atoms with Crippen LogP contribution in [0.25, 0.3) is 0 Å². The van der Waals surface area contributed by atoms with Gasteiger partial charge in [0.1, 0.15) is 11.5 Å². The SMILES string of the molecule is OC[C@H]1CC[C@@H](O)CN1C[C@H]1CCN(c2cccc(C(F)(F)F)n2)C1. The van der Waals surface area contributed by atoms with Crippen molar-refractivity contribution in [2.75, 3.05) is 37.7 Å². The van der Waals surface area contributed by atoms with Gasteiger partial charge in [-0.05, 0) is 37.3 Å². The van der Waals surface area contributed by atoms with Crippen molar-refractivity contribution in [3.63, 3.8) is 0 Å². The van der Waals surface area contributed by atoms with Gasteiger partial charge in [0.05, 0.1) is 12.7 Å². The molecule has 2 aliphatic heterocycles. The molecule has 2 aliphatic rings. The van der Waals surface area contributed by atoms with Crippen LogP contribution in [-0.4, -0.2) is 65.0 Å². The van der Waals surface area contributed by atoms with Gasteiger partial charge in [0.15, 0.2) is 0 Å². The van der Waals surface area contributed by atoms with Crippen LogP contribution in [0, 0.1) is 5.92 Å². The highest BCUT2D eigenvalue weighted by Crippen LogP contribution is 2.31. The summed E-state index contributed by atoms with van der Waals surface area (Å²) < 4.78 is 38.5. The Labute approximate surface area is 145 Å². The number of aliphatic hydroxyl groups excluding tert-OH is 2. The highest BCUT2D eigenvalue weighted by molar-refractivity contribution is 5.41. The second-order valence-corrected chi connectivity index (χ2v) is 7.00. The van der Waals surface area contributed by atoms with Crippen LogP contribution in [0.1, 0.15) is 25.0 Å². The third-order valence-corrected chi connectivity index (χ3v) is 5.13. The maximum atomic E-state index is 12.8. The average molecular weight is 359 g/mol. The molecule has 0 unspecified atom stereocenters. The Balaban J connectivity index is 1.62. The zero-order valence-corrected chi connectivity index (χ0v) is 14.0. The number of aliphatic hydroxyl groups is 2. The molecule has 0 radical (unpaired) electrons. The monoisotopic (exact) mass is 359 g/mol. The molecular formula is C17H24F3N3O2. The molecule has 2 fully saturated rings. The highest BCUT2D eigenvalue weighted by Gasteiger charge is 2.34. The predicted molar refractivity (Wildman–Crippen MR) is 87.2 cm³/mol. The minimum atomic E-state index is -4.44. The van der Waals surface area contributed by atoms with E-state index < -0.39 is 11.9 Å². The summed E-state index contributed by atoms with van der Waals surface area (Å²) in [6.45, 7) is 2.65. The largest absolute Gasteiger partial charge is 0.433 e. The summed E-state index contributed by atoms with van der Waals surface area (Å²) in [6.07, 6.45) is -2.48. The first-order valence-corrected chi connectivity index (χ1v) is 8.69. The van der Waals surface area contributed by atoms with Crippen LogP contribution in [0.5, 0.6) is 0 Å². The van der Waals surface area contributed by atoms with Crippen LogP contribution in [0.4, 0.5) is 19.0 Å². The van der Waals surface area contributed by atoms with Crippen LogP contribution < -0.4 is 4.90 Å². The van der Waals surface area contributed by atoms with Crippen molar-refractivity contribution >= 4 is 5.82 Å². The molecular weight excluding hydrogens is 335 g/mol. The molecule has 2 saturated heterocycles. The predicted octanol–water partition coefficient (Wildman–Crippen LogP) is 1.74. The standard InChI is InChI=1S/C17H24F3N3O2/c18-17(19,20)15-2-1-3-16(21-15)22-7-6-12(8-22)9-23-10-14(25)5-4-13(23)11-24/h1-3,12-14,24-25H,4-11H2/t12-,13+,14+/m0/s1. The molecule has 5 nitrogen and oxygen atoms in total. The number of alkyl halides is 3. The average Bonchev–Trinajstić information content (AvgIpc) is 3.03. The fraction of sp³-hybridized carbons (Fsp3) is 0.706. The summed E-state index contributed by atoms with van der Waals surface area (Å²) in [5.41, 5.74) is -0.868. The Kier molecular flexibility index (Phi) is 5.50. The number of hydrogen-bond donors (Lipinski definition) is 2. The van der Waals surface area contributed by atoms with E-state index in [0.29, 0.717) is 31.9 Å². The fourth-order valence-electron chi connectivity index (χ4n) is 3.79. The van der Waals surface area contributed by atoms with Crippen molar-refractivity contribution in [1.29, 1.82) is 0 Å². The molecule has 2 N–H and O–H groups in total. The van der Waals surface area contributed by atoms with E-state index in [1.54, 1.807) is 6.07 Å². The van der Waals surface area contributed by atoms with Crippen molar-refractivity contribution in [3.05, 3.63) is 23.9 Å². The molecule has 1 aromatic heterocycles. The van der Waals surface area contributed by atoms with E-state index in [-0.39, 0.29) is 24.7 Å². The number of nitrogens with zero attached hydrogens (tertiary/aromatic N) is 3. The normalized spacial score (nSPS) is 28.5. The van der Waals surface area contributed by atoms with Crippen LogP contribution in [-0.2, 0) is 6.18 Å². The zero-order chi connectivity index (χ0) is 18.0. The van der Waals surface area contributed by atoms with E-state index in [1.165, 1.54) is 6.07 Å². The summed E-state index contributed by atoms with van der Waals surface area (Å²) >= 11 is 0. The number of piperidine rings is 1. The number of β-amino-alcohol motifs (C(OH)–C–C–N with tert-alkyl or cyclic N) is 1. The molecule has 3 atom stereocenters. The van der Waals surface area contributed by atoms with Gasteiger partial charge in [0.25, 0.3) is 0 Å². The molecule has 8 heteroatoms. The van der Waals surface area contributed by atoms with E-state index in [0.717, 1.165) is 25.5 Å². The zero-order valence-electron chi connectivity index (χ0n) is 14.0. The lowest BCUT2D eigenvalue weighted by atomic mass is 9.98. The van der Waals surface area contributed by atoms with E-state index in [9.17, 15) is 23.4 Å². The minimum Gasteiger partial charge on any atom is -0.395 e. The van der Waals surface area contributed by atoms with E-state index in [2.05, 4.69) is 9.88 Å². The lowest BCUT2D eigenvalue weighted by Crippen LogP contribution is -2.49. The van der Waals surface area contributed by atoms with Gasteiger partial charge >= 0.3 is 6.18 Å². The molecule has 1 aromatic rings. The molecule has 0 bridgehead atoms. The molecule has 0 spiro atoms. The number of hydrogen-bond acceptors (Lipinski definition) is 5. The lowest BCUT2D eigenvalue weighted by Gasteiger charge is -2.38. The molecule has 0 saturated carbocycles. The van der Waals surface area contributed by atoms with E-state index in [4.69, 9.17) is 0 Å². The van der Waals surface area contributed by atoms with Crippen molar-refractivity contribution < 1.29 is 23.4 Å². The maximum Gasteiger partial charge on any atom is 0.433 e. The fourth-order valence-corrected chi connectivity index (χ4v) is 3.79. The van der Waals surface area contributed by atoms with Crippen molar-refractivity contribution in [2.45, 2.75) is 37.6 Å². The topological polar surface area (TPSA) is 59.8 Å². The van der Waals surface area contributed by atoms with Gasteiger partial charge in [-0.2, -0.15) is 13.2 Å². The number of aromatic nitrogens is 1. The Bertz CT molecular complexity index is 585. The second kappa shape index (κ2) is 7.47. The number of likely N-dealkylation sites (tertiary alicyclic amines) is 1. The van der Waals surface area contributed by atoms with Gasteiger partial charge in [-0.25, -0.2) is 4.98 Å². The summed E-state index contributed by atoms with van der Waals surface area (Å²) in [5.74, 6) is 0.644. The summed E-state index contributed by atoms with van der Waals surface area (Å²) in [4.78, 5) is 7.75. The second-order valence-electron chi connectivity index (χ2n) is 7.00. The van der Waals surface area contributed by atoms with Crippen molar-refractivity contribution in [1.82, 2.24) is 9.88 Å². The molecule has 0 aliphatic carbocycles. The molecule has 3 rings (SSSR count). The highest BCUT2D eigenvalue weighted by atomic mass is 19.4. The first kappa shape index (κ1) is 18.4. The number of pyridine rings is 1.